The van der Waals surface area contributed by atoms with Crippen molar-refractivity contribution in [2.75, 3.05) is 13.1 Å². The Hall–Kier alpha value is -1.69. The van der Waals surface area contributed by atoms with Crippen molar-refractivity contribution in [1.29, 1.82) is 0 Å². The molecular weight excluding hydrogens is 268 g/mol. The SMILES string of the molecule is CC1(C)CC(=O)NCCN1Cc1cc(=O)[nH]c(C2CC2)n1. The van der Waals surface area contributed by atoms with Gasteiger partial charge in [0.25, 0.3) is 5.56 Å². The molecule has 0 radical (unpaired) electrons. The van der Waals surface area contributed by atoms with Crippen molar-refractivity contribution >= 4 is 5.91 Å². The van der Waals surface area contributed by atoms with Gasteiger partial charge in [0.05, 0.1) is 5.69 Å². The van der Waals surface area contributed by atoms with Crippen LogP contribution >= 0.6 is 0 Å². The van der Waals surface area contributed by atoms with Gasteiger partial charge in [-0.3, -0.25) is 14.5 Å². The van der Waals surface area contributed by atoms with Crippen molar-refractivity contribution in [3.05, 3.63) is 27.9 Å². The molecular formula is C15H22N4O2. The van der Waals surface area contributed by atoms with E-state index in [1.807, 2.05) is 0 Å². The number of rotatable bonds is 3. The maximum absolute atomic E-state index is 11.8. The molecule has 6 nitrogen and oxygen atoms in total. The number of hydrogen-bond acceptors (Lipinski definition) is 4. The summed E-state index contributed by atoms with van der Waals surface area (Å²) in [4.78, 5) is 33.1. The molecule has 0 unspecified atom stereocenters. The summed E-state index contributed by atoms with van der Waals surface area (Å²) in [6.45, 7) is 6.14. The molecule has 1 aromatic rings. The smallest absolute Gasteiger partial charge is 0.251 e. The quantitative estimate of drug-likeness (QED) is 0.861. The minimum Gasteiger partial charge on any atom is -0.355 e. The number of aromatic amines is 1. The maximum atomic E-state index is 11.8. The van der Waals surface area contributed by atoms with Crippen LogP contribution < -0.4 is 10.9 Å². The van der Waals surface area contributed by atoms with Crippen molar-refractivity contribution < 1.29 is 4.79 Å². The Bertz CT molecular complexity index is 604. The van der Waals surface area contributed by atoms with E-state index in [1.54, 1.807) is 6.07 Å². The van der Waals surface area contributed by atoms with Crippen molar-refractivity contribution in [3.63, 3.8) is 0 Å². The van der Waals surface area contributed by atoms with E-state index >= 15 is 0 Å². The predicted molar refractivity (Wildman–Crippen MR) is 78.9 cm³/mol. The number of carbonyl (C=O) groups is 1. The van der Waals surface area contributed by atoms with Gasteiger partial charge in [0.15, 0.2) is 0 Å². The first kappa shape index (κ1) is 14.3. The van der Waals surface area contributed by atoms with Crippen LogP contribution in [0, 0.1) is 0 Å². The van der Waals surface area contributed by atoms with Gasteiger partial charge in [0.2, 0.25) is 5.91 Å². The minimum absolute atomic E-state index is 0.0799. The van der Waals surface area contributed by atoms with Crippen LogP contribution in [0.1, 0.15) is 50.5 Å². The highest BCUT2D eigenvalue weighted by Crippen LogP contribution is 2.37. The van der Waals surface area contributed by atoms with Crippen molar-refractivity contribution in [1.82, 2.24) is 20.2 Å². The zero-order chi connectivity index (χ0) is 15.0. The largest absolute Gasteiger partial charge is 0.355 e. The molecule has 1 saturated heterocycles. The van der Waals surface area contributed by atoms with Gasteiger partial charge in [-0.25, -0.2) is 4.98 Å². The molecule has 2 heterocycles. The number of aromatic nitrogens is 2. The Morgan fingerprint density at radius 3 is 2.86 bits per heavy atom. The Kier molecular flexibility index (Phi) is 3.57. The number of amides is 1. The third-order valence-corrected chi connectivity index (χ3v) is 4.28. The van der Waals surface area contributed by atoms with E-state index in [-0.39, 0.29) is 17.0 Å². The van der Waals surface area contributed by atoms with Crippen LogP contribution in [0.5, 0.6) is 0 Å². The van der Waals surface area contributed by atoms with Gasteiger partial charge in [-0.1, -0.05) is 0 Å². The van der Waals surface area contributed by atoms with Gasteiger partial charge in [-0.15, -0.1) is 0 Å². The van der Waals surface area contributed by atoms with Gasteiger partial charge < -0.3 is 10.3 Å². The van der Waals surface area contributed by atoms with Crippen molar-refractivity contribution in [2.45, 2.75) is 51.1 Å². The lowest BCUT2D eigenvalue weighted by atomic mass is 9.98. The van der Waals surface area contributed by atoms with E-state index in [2.05, 4.69) is 34.0 Å². The standard InChI is InChI=1S/C15H22N4O2/c1-15(2)8-13(21)16-5-6-19(15)9-11-7-12(20)18-14(17-11)10-3-4-10/h7,10H,3-6,8-9H2,1-2H3,(H,16,21)(H,17,18,20). The second kappa shape index (κ2) is 5.26. The van der Waals surface area contributed by atoms with Crippen molar-refractivity contribution in [3.8, 4) is 0 Å². The van der Waals surface area contributed by atoms with Crippen LogP contribution in [0.4, 0.5) is 0 Å². The fourth-order valence-electron chi connectivity index (χ4n) is 2.85. The van der Waals surface area contributed by atoms with Gasteiger partial charge in [0.1, 0.15) is 5.82 Å². The summed E-state index contributed by atoms with van der Waals surface area (Å²) in [5, 5.41) is 2.90. The first-order valence-corrected chi connectivity index (χ1v) is 7.56. The summed E-state index contributed by atoms with van der Waals surface area (Å²) >= 11 is 0. The van der Waals surface area contributed by atoms with Crippen molar-refractivity contribution in [2.24, 2.45) is 0 Å². The Morgan fingerprint density at radius 1 is 1.38 bits per heavy atom. The first-order valence-electron chi connectivity index (χ1n) is 7.56. The summed E-state index contributed by atoms with van der Waals surface area (Å²) in [7, 11) is 0. The monoisotopic (exact) mass is 290 g/mol. The highest BCUT2D eigenvalue weighted by molar-refractivity contribution is 5.77. The molecule has 1 saturated carbocycles. The van der Waals surface area contributed by atoms with Crippen LogP contribution in [0.15, 0.2) is 10.9 Å². The van der Waals surface area contributed by atoms with E-state index in [4.69, 9.17) is 0 Å². The van der Waals surface area contributed by atoms with E-state index in [0.29, 0.717) is 25.4 Å². The van der Waals surface area contributed by atoms with Crippen LogP contribution in [0.25, 0.3) is 0 Å². The third-order valence-electron chi connectivity index (χ3n) is 4.28. The van der Waals surface area contributed by atoms with E-state index in [1.165, 1.54) is 0 Å². The summed E-state index contributed by atoms with van der Waals surface area (Å²) in [5.41, 5.74) is 0.483. The van der Waals surface area contributed by atoms with Gasteiger partial charge >= 0.3 is 0 Å². The lowest BCUT2D eigenvalue weighted by Crippen LogP contribution is -2.44. The summed E-state index contributed by atoms with van der Waals surface area (Å²) in [5.74, 6) is 1.33. The summed E-state index contributed by atoms with van der Waals surface area (Å²) in [6, 6.07) is 1.57. The molecule has 0 spiro atoms. The molecule has 3 rings (SSSR count). The topological polar surface area (TPSA) is 78.1 Å². The molecule has 1 aliphatic carbocycles. The molecule has 1 aliphatic heterocycles. The normalized spacial score (nSPS) is 22.7. The molecule has 2 fully saturated rings. The number of hydrogen-bond donors (Lipinski definition) is 2. The molecule has 21 heavy (non-hydrogen) atoms. The summed E-state index contributed by atoms with van der Waals surface area (Å²) < 4.78 is 0. The van der Waals surface area contributed by atoms with E-state index in [9.17, 15) is 9.59 Å². The molecule has 1 aromatic heterocycles. The average Bonchev–Trinajstić information content (AvgIpc) is 3.19. The fourth-order valence-corrected chi connectivity index (χ4v) is 2.85. The molecule has 0 aromatic carbocycles. The van der Waals surface area contributed by atoms with Crippen LogP contribution in [-0.4, -0.2) is 39.4 Å². The Labute approximate surface area is 124 Å². The number of carbonyl (C=O) groups excluding carboxylic acids is 1. The van der Waals surface area contributed by atoms with Crippen LogP contribution in [-0.2, 0) is 11.3 Å². The Balaban J connectivity index is 1.81. The number of nitrogens with zero attached hydrogens (tertiary/aromatic N) is 2. The lowest BCUT2D eigenvalue weighted by Gasteiger charge is -2.35. The van der Waals surface area contributed by atoms with Crippen LogP contribution in [0.2, 0.25) is 0 Å². The average molecular weight is 290 g/mol. The predicted octanol–water partition coefficient (Wildman–Crippen LogP) is 0.748. The third kappa shape index (κ3) is 3.32. The van der Waals surface area contributed by atoms with E-state index < -0.39 is 0 Å². The number of nitrogens with one attached hydrogen (secondary N) is 2. The molecule has 1 amide bonds. The molecule has 114 valence electrons. The molecule has 2 N–H and O–H groups in total. The van der Waals surface area contributed by atoms with Gasteiger partial charge in [0, 0.05) is 43.6 Å². The minimum atomic E-state index is -0.232. The van der Waals surface area contributed by atoms with Crippen LogP contribution in [0.3, 0.4) is 0 Å². The zero-order valence-electron chi connectivity index (χ0n) is 12.6. The molecule has 0 bridgehead atoms. The fraction of sp³-hybridized carbons (Fsp3) is 0.667. The highest BCUT2D eigenvalue weighted by Gasteiger charge is 2.32. The first-order chi connectivity index (χ1) is 9.94. The highest BCUT2D eigenvalue weighted by atomic mass is 16.1. The van der Waals surface area contributed by atoms with Gasteiger partial charge in [-0.2, -0.15) is 0 Å². The Morgan fingerprint density at radius 2 is 2.14 bits per heavy atom. The zero-order valence-corrected chi connectivity index (χ0v) is 12.6. The number of H-pyrrole nitrogens is 1. The second-order valence-corrected chi connectivity index (χ2v) is 6.66. The maximum Gasteiger partial charge on any atom is 0.251 e. The molecule has 2 aliphatic rings. The molecule has 0 atom stereocenters. The second-order valence-electron chi connectivity index (χ2n) is 6.66. The summed E-state index contributed by atoms with van der Waals surface area (Å²) in [6.07, 6.45) is 2.69. The molecule has 6 heteroatoms. The van der Waals surface area contributed by atoms with E-state index in [0.717, 1.165) is 30.9 Å². The lowest BCUT2D eigenvalue weighted by molar-refractivity contribution is -0.122. The van der Waals surface area contributed by atoms with Gasteiger partial charge in [-0.05, 0) is 26.7 Å².